The first kappa shape index (κ1) is 12.4. The monoisotopic (exact) mass is 254 g/mol. The second-order valence-electron chi connectivity index (χ2n) is 4.22. The third-order valence-electron chi connectivity index (χ3n) is 2.85. The third kappa shape index (κ3) is 2.45. The number of hydrogen-bond donors (Lipinski definition) is 2. The maximum atomic E-state index is 13.4. The molecule has 1 amide bonds. The van der Waals surface area contributed by atoms with E-state index < -0.39 is 22.8 Å². The molecule has 7 heteroatoms. The van der Waals surface area contributed by atoms with Gasteiger partial charge in [0, 0.05) is 18.2 Å². The Balaban J connectivity index is 2.13. The summed E-state index contributed by atoms with van der Waals surface area (Å²) in [6.07, 6.45) is 0.398. The first-order valence-electron chi connectivity index (χ1n) is 5.40. The van der Waals surface area contributed by atoms with Crippen LogP contribution in [0.3, 0.4) is 0 Å². The summed E-state index contributed by atoms with van der Waals surface area (Å²) in [5.41, 5.74) is -0.694. The van der Waals surface area contributed by atoms with Gasteiger partial charge in [-0.3, -0.25) is 14.9 Å². The topological polar surface area (TPSA) is 92.5 Å². The van der Waals surface area contributed by atoms with Gasteiger partial charge in [0.2, 0.25) is 0 Å². The van der Waals surface area contributed by atoms with Crippen molar-refractivity contribution in [3.05, 3.63) is 39.7 Å². The molecule has 1 fully saturated rings. The zero-order chi connectivity index (χ0) is 13.3. The van der Waals surface area contributed by atoms with E-state index in [1.807, 2.05) is 0 Å². The number of nitrogens with one attached hydrogen (secondary N) is 1. The Kier molecular flexibility index (Phi) is 3.24. The van der Waals surface area contributed by atoms with E-state index in [1.165, 1.54) is 0 Å². The van der Waals surface area contributed by atoms with Crippen LogP contribution < -0.4 is 5.32 Å². The van der Waals surface area contributed by atoms with Gasteiger partial charge in [-0.05, 0) is 18.9 Å². The molecule has 96 valence electrons. The summed E-state index contributed by atoms with van der Waals surface area (Å²) in [4.78, 5) is 21.5. The van der Waals surface area contributed by atoms with Crippen molar-refractivity contribution < 1.29 is 19.2 Å². The van der Waals surface area contributed by atoms with E-state index in [0.717, 1.165) is 18.2 Å². The first-order chi connectivity index (χ1) is 8.47. The number of rotatable bonds is 3. The van der Waals surface area contributed by atoms with Gasteiger partial charge in [0.25, 0.3) is 11.6 Å². The molecule has 0 atom stereocenters. The van der Waals surface area contributed by atoms with Crippen LogP contribution in [0.2, 0.25) is 0 Å². The second-order valence-corrected chi connectivity index (χ2v) is 4.22. The highest BCUT2D eigenvalue weighted by atomic mass is 19.1. The molecule has 1 aliphatic carbocycles. The Morgan fingerprint density at radius 1 is 1.50 bits per heavy atom. The number of nitrogens with zero attached hydrogens (tertiary/aromatic N) is 1. The molecule has 2 N–H and O–H groups in total. The molecule has 1 saturated carbocycles. The van der Waals surface area contributed by atoms with Crippen LogP contribution in [-0.2, 0) is 0 Å². The number of halogens is 1. The molecule has 0 saturated heterocycles. The third-order valence-corrected chi connectivity index (χ3v) is 2.85. The zero-order valence-corrected chi connectivity index (χ0v) is 9.30. The number of hydrogen-bond acceptors (Lipinski definition) is 4. The number of nitro benzene ring substituents is 1. The fourth-order valence-electron chi connectivity index (χ4n) is 1.77. The van der Waals surface area contributed by atoms with Crippen LogP contribution in [0.15, 0.2) is 18.2 Å². The minimum atomic E-state index is -0.807. The van der Waals surface area contributed by atoms with Crippen molar-refractivity contribution in [1.29, 1.82) is 0 Å². The zero-order valence-electron chi connectivity index (χ0n) is 9.30. The number of amides is 1. The Labute approximate surface area is 102 Å². The summed E-state index contributed by atoms with van der Waals surface area (Å²) in [5, 5.41) is 22.1. The Hall–Kier alpha value is -2.02. The quantitative estimate of drug-likeness (QED) is 0.621. The summed E-state index contributed by atoms with van der Waals surface area (Å²) < 4.78 is 13.4. The van der Waals surface area contributed by atoms with Gasteiger partial charge in [-0.25, -0.2) is 4.39 Å². The SMILES string of the molecule is O=C(NC1CC(O)C1)c1cc([N+](=O)[O-])ccc1F. The number of carbonyl (C=O) groups is 1. The van der Waals surface area contributed by atoms with Gasteiger partial charge in [0.1, 0.15) is 5.82 Å². The summed E-state index contributed by atoms with van der Waals surface area (Å²) in [6.45, 7) is 0. The van der Waals surface area contributed by atoms with Crippen molar-refractivity contribution in [3.8, 4) is 0 Å². The van der Waals surface area contributed by atoms with Crippen molar-refractivity contribution >= 4 is 11.6 Å². The van der Waals surface area contributed by atoms with Gasteiger partial charge in [-0.1, -0.05) is 0 Å². The van der Waals surface area contributed by atoms with Gasteiger partial charge in [0.05, 0.1) is 16.6 Å². The van der Waals surface area contributed by atoms with Crippen molar-refractivity contribution in [3.63, 3.8) is 0 Å². The molecular formula is C11H11FN2O4. The van der Waals surface area contributed by atoms with Crippen LogP contribution in [0.1, 0.15) is 23.2 Å². The highest BCUT2D eigenvalue weighted by Gasteiger charge is 2.29. The Morgan fingerprint density at radius 3 is 2.72 bits per heavy atom. The number of aliphatic hydroxyl groups is 1. The van der Waals surface area contributed by atoms with E-state index in [4.69, 9.17) is 5.11 Å². The molecule has 6 nitrogen and oxygen atoms in total. The number of carbonyl (C=O) groups excluding carboxylic acids is 1. The molecule has 2 rings (SSSR count). The van der Waals surface area contributed by atoms with Crippen LogP contribution >= 0.6 is 0 Å². The van der Waals surface area contributed by atoms with E-state index >= 15 is 0 Å². The molecule has 0 radical (unpaired) electrons. The Morgan fingerprint density at radius 2 is 2.17 bits per heavy atom. The van der Waals surface area contributed by atoms with Crippen LogP contribution in [0.25, 0.3) is 0 Å². The van der Waals surface area contributed by atoms with Gasteiger partial charge >= 0.3 is 0 Å². The second kappa shape index (κ2) is 4.69. The highest BCUT2D eigenvalue weighted by Crippen LogP contribution is 2.21. The molecule has 1 aromatic rings. The lowest BCUT2D eigenvalue weighted by Gasteiger charge is -2.31. The van der Waals surface area contributed by atoms with Gasteiger partial charge in [-0.2, -0.15) is 0 Å². The van der Waals surface area contributed by atoms with Gasteiger partial charge in [-0.15, -0.1) is 0 Å². The first-order valence-corrected chi connectivity index (χ1v) is 5.40. The summed E-state index contributed by atoms with van der Waals surface area (Å²) in [6, 6.07) is 2.59. The summed E-state index contributed by atoms with van der Waals surface area (Å²) in [5.74, 6) is -1.51. The van der Waals surface area contributed by atoms with Crippen molar-refractivity contribution in [2.75, 3.05) is 0 Å². The van der Waals surface area contributed by atoms with Gasteiger partial charge < -0.3 is 10.4 Å². The van der Waals surface area contributed by atoms with E-state index in [-0.39, 0.29) is 17.3 Å². The smallest absolute Gasteiger partial charge is 0.270 e. The molecule has 0 unspecified atom stereocenters. The normalized spacial score (nSPS) is 22.1. The van der Waals surface area contributed by atoms with Crippen molar-refractivity contribution in [1.82, 2.24) is 5.32 Å². The minimum absolute atomic E-state index is 0.203. The standard InChI is InChI=1S/C11H11FN2O4/c12-10-2-1-7(14(17)18)5-9(10)11(16)13-6-3-8(15)4-6/h1-2,5-6,8,15H,3-4H2,(H,13,16). The van der Waals surface area contributed by atoms with E-state index in [1.54, 1.807) is 0 Å². The van der Waals surface area contributed by atoms with E-state index in [2.05, 4.69) is 5.32 Å². The number of benzene rings is 1. The molecule has 0 heterocycles. The maximum Gasteiger partial charge on any atom is 0.270 e. The van der Waals surface area contributed by atoms with E-state index in [0.29, 0.717) is 12.8 Å². The molecule has 1 aliphatic rings. The van der Waals surface area contributed by atoms with Crippen LogP contribution in [0.4, 0.5) is 10.1 Å². The summed E-state index contributed by atoms with van der Waals surface area (Å²) in [7, 11) is 0. The van der Waals surface area contributed by atoms with Crippen molar-refractivity contribution in [2.45, 2.75) is 25.0 Å². The lowest BCUT2D eigenvalue weighted by Crippen LogP contribution is -2.46. The predicted octanol–water partition coefficient (Wildman–Crippen LogP) is 0.987. The van der Waals surface area contributed by atoms with Crippen LogP contribution in [0.5, 0.6) is 0 Å². The lowest BCUT2D eigenvalue weighted by atomic mass is 9.89. The molecular weight excluding hydrogens is 243 g/mol. The number of non-ortho nitro benzene ring substituents is 1. The molecule has 0 aromatic heterocycles. The highest BCUT2D eigenvalue weighted by molar-refractivity contribution is 5.95. The number of nitro groups is 1. The van der Waals surface area contributed by atoms with Gasteiger partial charge in [0.15, 0.2) is 0 Å². The summed E-state index contributed by atoms with van der Waals surface area (Å²) >= 11 is 0. The Bertz CT molecular complexity index is 500. The molecule has 18 heavy (non-hydrogen) atoms. The fourth-order valence-corrected chi connectivity index (χ4v) is 1.77. The number of aliphatic hydroxyl groups excluding tert-OH is 1. The fraction of sp³-hybridized carbons (Fsp3) is 0.364. The molecule has 0 aliphatic heterocycles. The van der Waals surface area contributed by atoms with E-state index in [9.17, 15) is 19.3 Å². The molecule has 0 bridgehead atoms. The average molecular weight is 254 g/mol. The predicted molar refractivity (Wildman–Crippen MR) is 59.5 cm³/mol. The molecule has 0 spiro atoms. The minimum Gasteiger partial charge on any atom is -0.393 e. The average Bonchev–Trinajstić information content (AvgIpc) is 2.27. The van der Waals surface area contributed by atoms with Crippen molar-refractivity contribution in [2.24, 2.45) is 0 Å². The van der Waals surface area contributed by atoms with Crippen LogP contribution in [-0.4, -0.2) is 28.1 Å². The molecule has 1 aromatic carbocycles. The lowest BCUT2D eigenvalue weighted by molar-refractivity contribution is -0.384. The largest absolute Gasteiger partial charge is 0.393 e. The van der Waals surface area contributed by atoms with Crippen LogP contribution in [0, 0.1) is 15.9 Å². The maximum absolute atomic E-state index is 13.4.